The Hall–Kier alpha value is -2.17. The minimum absolute atomic E-state index is 0.371. The lowest BCUT2D eigenvalue weighted by Gasteiger charge is -2.24. The van der Waals surface area contributed by atoms with E-state index >= 15 is 0 Å². The van der Waals surface area contributed by atoms with E-state index in [1.807, 2.05) is 30.3 Å². The number of halogens is 1. The Kier molecular flexibility index (Phi) is 5.28. The molecule has 2 aromatic carbocycles. The van der Waals surface area contributed by atoms with Crippen molar-refractivity contribution in [3.8, 4) is 11.4 Å². The van der Waals surface area contributed by atoms with Gasteiger partial charge in [-0.25, -0.2) is 0 Å². The van der Waals surface area contributed by atoms with Crippen LogP contribution in [0.1, 0.15) is 25.3 Å². The average Bonchev–Trinajstić information content (AvgIpc) is 3.04. The molecule has 3 rings (SSSR count). The first kappa shape index (κ1) is 16.7. The largest absolute Gasteiger partial charge is 0.338 e. The second-order valence-corrected chi connectivity index (χ2v) is 6.44. The minimum Gasteiger partial charge on any atom is -0.338 e. The Morgan fingerprint density at radius 1 is 1.00 bits per heavy atom. The molecule has 1 aromatic heterocycles. The van der Waals surface area contributed by atoms with Gasteiger partial charge in [-0.3, -0.25) is 4.90 Å². The highest BCUT2D eigenvalue weighted by Crippen LogP contribution is 2.20. The van der Waals surface area contributed by atoms with Crippen molar-refractivity contribution in [2.45, 2.75) is 33.0 Å². The molecule has 0 saturated heterocycles. The molecule has 0 bridgehead atoms. The number of rotatable bonds is 6. The van der Waals surface area contributed by atoms with Crippen molar-refractivity contribution in [2.75, 3.05) is 0 Å². The fourth-order valence-electron chi connectivity index (χ4n) is 2.45. The van der Waals surface area contributed by atoms with Gasteiger partial charge in [0.1, 0.15) is 0 Å². The third kappa shape index (κ3) is 4.22. The molecule has 124 valence electrons. The van der Waals surface area contributed by atoms with Crippen molar-refractivity contribution in [3.05, 3.63) is 71.1 Å². The SMILES string of the molecule is CC(C)N(Cc1ccccc1)Cc1nc(-c2ccc(Cl)cc2)no1. The highest BCUT2D eigenvalue weighted by Gasteiger charge is 2.16. The Morgan fingerprint density at radius 2 is 1.71 bits per heavy atom. The second kappa shape index (κ2) is 7.60. The van der Waals surface area contributed by atoms with E-state index < -0.39 is 0 Å². The fraction of sp³-hybridized carbons (Fsp3) is 0.263. The summed E-state index contributed by atoms with van der Waals surface area (Å²) in [5.41, 5.74) is 2.16. The van der Waals surface area contributed by atoms with Gasteiger partial charge in [0.05, 0.1) is 6.54 Å². The number of hydrogen-bond donors (Lipinski definition) is 0. The summed E-state index contributed by atoms with van der Waals surface area (Å²) in [7, 11) is 0. The van der Waals surface area contributed by atoms with Crippen LogP contribution in [-0.4, -0.2) is 21.1 Å². The number of aromatic nitrogens is 2. The predicted octanol–water partition coefficient (Wildman–Crippen LogP) is 4.80. The maximum atomic E-state index is 5.91. The molecule has 0 radical (unpaired) electrons. The van der Waals surface area contributed by atoms with E-state index in [0.29, 0.717) is 29.3 Å². The molecule has 0 atom stereocenters. The van der Waals surface area contributed by atoms with E-state index in [2.05, 4.69) is 53.2 Å². The average molecular weight is 342 g/mol. The van der Waals surface area contributed by atoms with Gasteiger partial charge in [0, 0.05) is 23.2 Å². The van der Waals surface area contributed by atoms with Crippen molar-refractivity contribution in [1.29, 1.82) is 0 Å². The zero-order valence-electron chi connectivity index (χ0n) is 13.8. The zero-order chi connectivity index (χ0) is 16.9. The molecule has 0 aliphatic rings. The summed E-state index contributed by atoms with van der Waals surface area (Å²) in [5, 5.41) is 4.77. The molecular weight excluding hydrogens is 322 g/mol. The summed E-state index contributed by atoms with van der Waals surface area (Å²) in [6, 6.07) is 18.2. The molecule has 0 fully saturated rings. The molecule has 0 amide bonds. The molecule has 4 nitrogen and oxygen atoms in total. The minimum atomic E-state index is 0.371. The van der Waals surface area contributed by atoms with Crippen LogP contribution in [0.2, 0.25) is 5.02 Å². The van der Waals surface area contributed by atoms with Crippen LogP contribution >= 0.6 is 11.6 Å². The van der Waals surface area contributed by atoms with Gasteiger partial charge in [-0.05, 0) is 43.7 Å². The second-order valence-electron chi connectivity index (χ2n) is 6.00. The molecular formula is C19H20ClN3O. The van der Waals surface area contributed by atoms with E-state index in [9.17, 15) is 0 Å². The van der Waals surface area contributed by atoms with E-state index in [1.54, 1.807) is 0 Å². The molecule has 0 saturated carbocycles. The molecule has 1 heterocycles. The van der Waals surface area contributed by atoms with Gasteiger partial charge in [0.15, 0.2) is 0 Å². The van der Waals surface area contributed by atoms with Crippen LogP contribution in [0.5, 0.6) is 0 Å². The van der Waals surface area contributed by atoms with Crippen molar-refractivity contribution >= 4 is 11.6 Å². The van der Waals surface area contributed by atoms with Crippen molar-refractivity contribution < 1.29 is 4.52 Å². The Labute approximate surface area is 147 Å². The van der Waals surface area contributed by atoms with Gasteiger partial charge in [0.25, 0.3) is 0 Å². The maximum Gasteiger partial charge on any atom is 0.241 e. The van der Waals surface area contributed by atoms with Crippen LogP contribution in [0.4, 0.5) is 0 Å². The summed E-state index contributed by atoms with van der Waals surface area (Å²) in [4.78, 5) is 6.81. The van der Waals surface area contributed by atoms with Crippen LogP contribution in [0.25, 0.3) is 11.4 Å². The highest BCUT2D eigenvalue weighted by molar-refractivity contribution is 6.30. The molecule has 0 unspecified atom stereocenters. The molecule has 0 aliphatic carbocycles. The quantitative estimate of drug-likeness (QED) is 0.645. The van der Waals surface area contributed by atoms with Crippen molar-refractivity contribution in [2.24, 2.45) is 0 Å². The van der Waals surface area contributed by atoms with Crippen molar-refractivity contribution in [1.82, 2.24) is 15.0 Å². The Balaban J connectivity index is 1.72. The van der Waals surface area contributed by atoms with Gasteiger partial charge >= 0.3 is 0 Å². The smallest absolute Gasteiger partial charge is 0.241 e. The normalized spacial score (nSPS) is 11.4. The van der Waals surface area contributed by atoms with E-state index in [4.69, 9.17) is 16.1 Å². The third-order valence-electron chi connectivity index (χ3n) is 3.87. The highest BCUT2D eigenvalue weighted by atomic mass is 35.5. The van der Waals surface area contributed by atoms with Crippen LogP contribution in [-0.2, 0) is 13.1 Å². The monoisotopic (exact) mass is 341 g/mol. The lowest BCUT2D eigenvalue weighted by Crippen LogP contribution is -2.29. The van der Waals surface area contributed by atoms with Gasteiger partial charge in [-0.1, -0.05) is 47.1 Å². The van der Waals surface area contributed by atoms with Gasteiger partial charge < -0.3 is 4.52 Å². The standard InChI is InChI=1S/C19H20ClN3O/c1-14(2)23(12-15-6-4-3-5-7-15)13-18-21-19(22-24-18)16-8-10-17(20)11-9-16/h3-11,14H,12-13H2,1-2H3. The molecule has 3 aromatic rings. The predicted molar refractivity (Wildman–Crippen MR) is 95.6 cm³/mol. The van der Waals surface area contributed by atoms with Gasteiger partial charge in [-0.2, -0.15) is 4.98 Å². The number of hydrogen-bond acceptors (Lipinski definition) is 4. The Morgan fingerprint density at radius 3 is 2.38 bits per heavy atom. The summed E-state index contributed by atoms with van der Waals surface area (Å²) < 4.78 is 5.43. The van der Waals surface area contributed by atoms with E-state index in [-0.39, 0.29) is 0 Å². The number of benzene rings is 2. The molecule has 0 aliphatic heterocycles. The summed E-state index contributed by atoms with van der Waals surface area (Å²) >= 11 is 5.91. The lowest BCUT2D eigenvalue weighted by molar-refractivity contribution is 0.176. The van der Waals surface area contributed by atoms with E-state index in [0.717, 1.165) is 12.1 Å². The van der Waals surface area contributed by atoms with Crippen molar-refractivity contribution in [3.63, 3.8) is 0 Å². The van der Waals surface area contributed by atoms with Crippen LogP contribution in [0, 0.1) is 0 Å². The van der Waals surface area contributed by atoms with E-state index in [1.165, 1.54) is 5.56 Å². The Bertz CT molecular complexity index is 769. The molecule has 5 heteroatoms. The topological polar surface area (TPSA) is 42.2 Å². The van der Waals surface area contributed by atoms with Crippen LogP contribution in [0.3, 0.4) is 0 Å². The first-order chi connectivity index (χ1) is 11.6. The van der Waals surface area contributed by atoms with Crippen LogP contribution in [0.15, 0.2) is 59.1 Å². The molecule has 24 heavy (non-hydrogen) atoms. The zero-order valence-corrected chi connectivity index (χ0v) is 14.6. The number of nitrogens with zero attached hydrogens (tertiary/aromatic N) is 3. The third-order valence-corrected chi connectivity index (χ3v) is 4.12. The maximum absolute atomic E-state index is 5.91. The summed E-state index contributed by atoms with van der Waals surface area (Å²) in [5.74, 6) is 1.20. The fourth-order valence-corrected chi connectivity index (χ4v) is 2.57. The summed E-state index contributed by atoms with van der Waals surface area (Å²) in [6.45, 7) is 5.79. The molecule has 0 N–H and O–H groups in total. The molecule has 0 spiro atoms. The van der Waals surface area contributed by atoms with Gasteiger partial charge in [0.2, 0.25) is 11.7 Å². The van der Waals surface area contributed by atoms with Crippen LogP contribution < -0.4 is 0 Å². The lowest BCUT2D eigenvalue weighted by atomic mass is 10.2. The first-order valence-corrected chi connectivity index (χ1v) is 8.36. The first-order valence-electron chi connectivity index (χ1n) is 7.98. The summed E-state index contributed by atoms with van der Waals surface area (Å²) in [6.07, 6.45) is 0. The van der Waals surface area contributed by atoms with Gasteiger partial charge in [-0.15, -0.1) is 0 Å².